The van der Waals surface area contributed by atoms with Crippen molar-refractivity contribution in [1.29, 1.82) is 0 Å². The van der Waals surface area contributed by atoms with Gasteiger partial charge in [0, 0.05) is 6.54 Å². The second-order valence-electron chi connectivity index (χ2n) is 4.68. The summed E-state index contributed by atoms with van der Waals surface area (Å²) in [5.41, 5.74) is 1.16. The Morgan fingerprint density at radius 2 is 2.18 bits per heavy atom. The first-order chi connectivity index (χ1) is 8.27. The van der Waals surface area contributed by atoms with Gasteiger partial charge in [0.25, 0.3) is 0 Å². The summed E-state index contributed by atoms with van der Waals surface area (Å²) in [5.74, 6) is 0.309. The molecule has 1 aliphatic heterocycles. The van der Waals surface area contributed by atoms with E-state index in [1.807, 2.05) is 37.3 Å². The molecule has 1 aliphatic rings. The Hall–Kier alpha value is -1.35. The lowest BCUT2D eigenvalue weighted by Crippen LogP contribution is -2.41. The highest BCUT2D eigenvalue weighted by Crippen LogP contribution is 2.15. The first-order valence-electron chi connectivity index (χ1n) is 6.33. The molecule has 92 valence electrons. The Morgan fingerprint density at radius 1 is 1.41 bits per heavy atom. The lowest BCUT2D eigenvalue weighted by molar-refractivity contribution is -0.126. The van der Waals surface area contributed by atoms with E-state index in [9.17, 15) is 4.79 Å². The largest absolute Gasteiger partial charge is 0.349 e. The van der Waals surface area contributed by atoms with Crippen LogP contribution in [0, 0.1) is 5.92 Å². The van der Waals surface area contributed by atoms with E-state index < -0.39 is 0 Å². The first-order valence-corrected chi connectivity index (χ1v) is 6.33. The highest BCUT2D eigenvalue weighted by molar-refractivity contribution is 5.79. The predicted molar refractivity (Wildman–Crippen MR) is 68.6 cm³/mol. The van der Waals surface area contributed by atoms with Crippen LogP contribution < -0.4 is 10.6 Å². The van der Waals surface area contributed by atoms with Gasteiger partial charge in [-0.05, 0) is 31.9 Å². The molecule has 2 rings (SSSR count). The molecule has 0 aromatic heterocycles. The van der Waals surface area contributed by atoms with Crippen molar-refractivity contribution in [3.8, 4) is 0 Å². The molecule has 1 aromatic rings. The number of carbonyl (C=O) groups is 1. The molecular weight excluding hydrogens is 212 g/mol. The van der Waals surface area contributed by atoms with Gasteiger partial charge in [-0.1, -0.05) is 30.3 Å². The lowest BCUT2D eigenvalue weighted by atomic mass is 9.98. The third-order valence-corrected chi connectivity index (χ3v) is 3.33. The van der Waals surface area contributed by atoms with Gasteiger partial charge in [0.2, 0.25) is 5.91 Å². The first kappa shape index (κ1) is 12.1. The van der Waals surface area contributed by atoms with Crippen LogP contribution in [0.5, 0.6) is 0 Å². The van der Waals surface area contributed by atoms with Crippen LogP contribution in [0.4, 0.5) is 0 Å². The maximum atomic E-state index is 12.0. The van der Waals surface area contributed by atoms with Crippen LogP contribution in [0.2, 0.25) is 0 Å². The predicted octanol–water partition coefficient (Wildman–Crippen LogP) is 1.86. The fraction of sp³-hybridized carbons (Fsp3) is 0.500. The zero-order valence-electron chi connectivity index (χ0n) is 10.3. The maximum absolute atomic E-state index is 12.0. The van der Waals surface area contributed by atoms with Crippen LogP contribution in [0.25, 0.3) is 0 Å². The van der Waals surface area contributed by atoms with Gasteiger partial charge < -0.3 is 10.6 Å². The number of rotatable bonds is 3. The van der Waals surface area contributed by atoms with E-state index in [0.29, 0.717) is 0 Å². The summed E-state index contributed by atoms with van der Waals surface area (Å²) in [6.07, 6.45) is 2.10. The fourth-order valence-electron chi connectivity index (χ4n) is 2.23. The number of piperidine rings is 1. The summed E-state index contributed by atoms with van der Waals surface area (Å²) in [6, 6.07) is 10.2. The molecule has 0 aliphatic carbocycles. The maximum Gasteiger partial charge on any atom is 0.224 e. The summed E-state index contributed by atoms with van der Waals surface area (Å²) in [7, 11) is 0. The molecule has 1 amide bonds. The zero-order chi connectivity index (χ0) is 12.1. The lowest BCUT2D eigenvalue weighted by Gasteiger charge is -2.24. The normalized spacial score (nSPS) is 21.8. The van der Waals surface area contributed by atoms with Gasteiger partial charge in [-0.15, -0.1) is 0 Å². The second-order valence-corrected chi connectivity index (χ2v) is 4.68. The van der Waals surface area contributed by atoms with Crippen LogP contribution >= 0.6 is 0 Å². The minimum Gasteiger partial charge on any atom is -0.349 e. The molecule has 1 aromatic carbocycles. The van der Waals surface area contributed by atoms with E-state index in [4.69, 9.17) is 0 Å². The van der Waals surface area contributed by atoms with Gasteiger partial charge >= 0.3 is 0 Å². The number of hydrogen-bond donors (Lipinski definition) is 2. The Kier molecular flexibility index (Phi) is 4.15. The molecule has 1 heterocycles. The Morgan fingerprint density at radius 3 is 2.82 bits per heavy atom. The second kappa shape index (κ2) is 5.82. The molecule has 1 fully saturated rings. The number of hydrogen-bond acceptors (Lipinski definition) is 2. The van der Waals surface area contributed by atoms with E-state index in [1.165, 1.54) is 0 Å². The topological polar surface area (TPSA) is 41.1 Å². The molecule has 0 unspecified atom stereocenters. The monoisotopic (exact) mass is 232 g/mol. The van der Waals surface area contributed by atoms with Crippen molar-refractivity contribution in [3.05, 3.63) is 35.9 Å². The van der Waals surface area contributed by atoms with E-state index in [-0.39, 0.29) is 17.9 Å². The van der Waals surface area contributed by atoms with Gasteiger partial charge in [-0.2, -0.15) is 0 Å². The molecule has 2 N–H and O–H groups in total. The molecule has 3 heteroatoms. The van der Waals surface area contributed by atoms with Crippen LogP contribution in [0.1, 0.15) is 31.4 Å². The SMILES string of the molecule is C[C@@H](NC(=O)[C@H]1CCCNC1)c1ccccc1. The van der Waals surface area contributed by atoms with Crippen molar-refractivity contribution in [3.63, 3.8) is 0 Å². The van der Waals surface area contributed by atoms with Crippen molar-refractivity contribution in [2.75, 3.05) is 13.1 Å². The molecule has 17 heavy (non-hydrogen) atoms. The van der Waals surface area contributed by atoms with Crippen molar-refractivity contribution >= 4 is 5.91 Å². The summed E-state index contributed by atoms with van der Waals surface area (Å²) >= 11 is 0. The quantitative estimate of drug-likeness (QED) is 0.835. The highest BCUT2D eigenvalue weighted by Gasteiger charge is 2.22. The van der Waals surface area contributed by atoms with E-state index in [0.717, 1.165) is 31.5 Å². The van der Waals surface area contributed by atoms with Crippen LogP contribution in [0.15, 0.2) is 30.3 Å². The van der Waals surface area contributed by atoms with Crippen molar-refractivity contribution < 1.29 is 4.79 Å². The molecule has 3 nitrogen and oxygen atoms in total. The van der Waals surface area contributed by atoms with Crippen molar-refractivity contribution in [1.82, 2.24) is 10.6 Å². The van der Waals surface area contributed by atoms with E-state index >= 15 is 0 Å². The number of carbonyl (C=O) groups excluding carboxylic acids is 1. The minimum atomic E-state index is 0.0885. The molecule has 1 saturated heterocycles. The summed E-state index contributed by atoms with van der Waals surface area (Å²) in [4.78, 5) is 12.0. The fourth-order valence-corrected chi connectivity index (χ4v) is 2.23. The smallest absolute Gasteiger partial charge is 0.224 e. The number of benzene rings is 1. The van der Waals surface area contributed by atoms with E-state index in [2.05, 4.69) is 10.6 Å². The summed E-state index contributed by atoms with van der Waals surface area (Å²) in [6.45, 7) is 3.88. The molecule has 0 spiro atoms. The minimum absolute atomic E-state index is 0.0885. The third kappa shape index (κ3) is 3.30. The van der Waals surface area contributed by atoms with Crippen molar-refractivity contribution in [2.45, 2.75) is 25.8 Å². The van der Waals surface area contributed by atoms with Crippen LogP contribution in [-0.2, 0) is 4.79 Å². The average Bonchev–Trinajstić information content (AvgIpc) is 2.40. The standard InChI is InChI=1S/C14H20N2O/c1-11(12-6-3-2-4-7-12)16-14(17)13-8-5-9-15-10-13/h2-4,6-7,11,13,15H,5,8-10H2,1H3,(H,16,17)/t11-,13+/m1/s1. The van der Waals surface area contributed by atoms with Gasteiger partial charge in [0.05, 0.1) is 12.0 Å². The van der Waals surface area contributed by atoms with Gasteiger partial charge in [0.1, 0.15) is 0 Å². The number of amides is 1. The molecular formula is C14H20N2O. The Bertz CT molecular complexity index is 358. The van der Waals surface area contributed by atoms with E-state index in [1.54, 1.807) is 0 Å². The van der Waals surface area contributed by atoms with Gasteiger partial charge in [-0.25, -0.2) is 0 Å². The molecule has 0 radical (unpaired) electrons. The Labute approximate surface area is 103 Å². The summed E-state index contributed by atoms with van der Waals surface area (Å²) < 4.78 is 0. The summed E-state index contributed by atoms with van der Waals surface area (Å²) in [5, 5.41) is 6.35. The Balaban J connectivity index is 1.89. The van der Waals surface area contributed by atoms with Crippen molar-refractivity contribution in [2.24, 2.45) is 5.92 Å². The van der Waals surface area contributed by atoms with Gasteiger partial charge in [-0.3, -0.25) is 4.79 Å². The molecule has 2 atom stereocenters. The van der Waals surface area contributed by atoms with Crippen LogP contribution in [0.3, 0.4) is 0 Å². The van der Waals surface area contributed by atoms with Crippen LogP contribution in [-0.4, -0.2) is 19.0 Å². The average molecular weight is 232 g/mol. The van der Waals surface area contributed by atoms with Gasteiger partial charge in [0.15, 0.2) is 0 Å². The zero-order valence-corrected chi connectivity index (χ0v) is 10.3. The number of nitrogens with one attached hydrogen (secondary N) is 2. The molecule has 0 bridgehead atoms. The highest BCUT2D eigenvalue weighted by atomic mass is 16.1. The molecule has 0 saturated carbocycles. The third-order valence-electron chi connectivity index (χ3n) is 3.33.